The number of aromatic nitrogens is 2. The number of hydrogen-bond acceptors (Lipinski definition) is 4. The van der Waals surface area contributed by atoms with Crippen LogP contribution in [0.4, 0.5) is 0 Å². The van der Waals surface area contributed by atoms with E-state index in [1.54, 1.807) is 6.07 Å². The molecular formula is C26H26N4O. The molecule has 3 aromatic carbocycles. The van der Waals surface area contributed by atoms with Gasteiger partial charge < -0.3 is 10.1 Å². The SMILES string of the molecule is N#Cc1ccc2[nH]nc(-c3ccc4cc(OCCC5CCCCCN5)ccc4c3)c2c1. The first kappa shape index (κ1) is 19.6. The summed E-state index contributed by atoms with van der Waals surface area (Å²) >= 11 is 0. The molecule has 1 aliphatic rings. The third-order valence-electron chi connectivity index (χ3n) is 6.17. The average molecular weight is 411 g/mol. The van der Waals surface area contributed by atoms with Crippen molar-refractivity contribution < 1.29 is 4.74 Å². The second-order valence-corrected chi connectivity index (χ2v) is 8.31. The summed E-state index contributed by atoms with van der Waals surface area (Å²) in [5.41, 5.74) is 3.46. The number of ether oxygens (including phenoxy) is 1. The Morgan fingerprint density at radius 3 is 2.84 bits per heavy atom. The molecule has 0 aliphatic carbocycles. The van der Waals surface area contributed by atoms with Crippen molar-refractivity contribution in [3.8, 4) is 23.1 Å². The minimum atomic E-state index is 0.579. The zero-order valence-corrected chi connectivity index (χ0v) is 17.5. The molecule has 0 amide bonds. The highest BCUT2D eigenvalue weighted by atomic mass is 16.5. The molecule has 2 N–H and O–H groups in total. The summed E-state index contributed by atoms with van der Waals surface area (Å²) in [7, 11) is 0. The van der Waals surface area contributed by atoms with Crippen LogP contribution < -0.4 is 10.1 Å². The summed E-state index contributed by atoms with van der Waals surface area (Å²) in [4.78, 5) is 0. The molecule has 1 unspecified atom stereocenters. The van der Waals surface area contributed by atoms with Gasteiger partial charge in [0.15, 0.2) is 0 Å². The van der Waals surface area contributed by atoms with Crippen LogP contribution in [0, 0.1) is 11.3 Å². The van der Waals surface area contributed by atoms with Gasteiger partial charge in [0.2, 0.25) is 0 Å². The molecule has 1 atom stereocenters. The van der Waals surface area contributed by atoms with Crippen molar-refractivity contribution in [2.24, 2.45) is 0 Å². The third kappa shape index (κ3) is 4.26. The fourth-order valence-electron chi connectivity index (χ4n) is 4.43. The molecule has 5 heteroatoms. The minimum absolute atomic E-state index is 0.579. The van der Waals surface area contributed by atoms with Gasteiger partial charge in [-0.1, -0.05) is 31.0 Å². The molecule has 5 rings (SSSR count). The lowest BCUT2D eigenvalue weighted by Crippen LogP contribution is -2.29. The second kappa shape index (κ2) is 8.79. The molecule has 1 aromatic heterocycles. The summed E-state index contributed by atoms with van der Waals surface area (Å²) in [5.74, 6) is 0.915. The van der Waals surface area contributed by atoms with E-state index < -0.39 is 0 Å². The molecule has 5 nitrogen and oxygen atoms in total. The zero-order chi connectivity index (χ0) is 21.0. The predicted octanol–water partition coefficient (Wildman–Crippen LogP) is 5.56. The predicted molar refractivity (Wildman–Crippen MR) is 124 cm³/mol. The van der Waals surface area contributed by atoms with Crippen molar-refractivity contribution in [3.63, 3.8) is 0 Å². The molecule has 1 fully saturated rings. The van der Waals surface area contributed by atoms with Crippen molar-refractivity contribution in [2.45, 2.75) is 38.1 Å². The van der Waals surface area contributed by atoms with Gasteiger partial charge in [-0.15, -0.1) is 0 Å². The highest BCUT2D eigenvalue weighted by molar-refractivity contribution is 5.96. The van der Waals surface area contributed by atoms with Crippen LogP contribution >= 0.6 is 0 Å². The lowest BCUT2D eigenvalue weighted by Gasteiger charge is -2.16. The topological polar surface area (TPSA) is 73.7 Å². The van der Waals surface area contributed by atoms with E-state index >= 15 is 0 Å². The molecule has 31 heavy (non-hydrogen) atoms. The molecular weight excluding hydrogens is 384 g/mol. The minimum Gasteiger partial charge on any atom is -0.494 e. The number of nitrogens with one attached hydrogen (secondary N) is 2. The van der Waals surface area contributed by atoms with Crippen LogP contribution in [-0.2, 0) is 0 Å². The number of hydrogen-bond donors (Lipinski definition) is 2. The fraction of sp³-hybridized carbons (Fsp3) is 0.308. The van der Waals surface area contributed by atoms with Crippen molar-refractivity contribution in [2.75, 3.05) is 13.2 Å². The number of nitrogens with zero attached hydrogens (tertiary/aromatic N) is 2. The molecule has 2 heterocycles. The lowest BCUT2D eigenvalue weighted by molar-refractivity contribution is 0.284. The standard InChI is InChI=1S/C26H26N4O/c27-17-18-5-10-25-24(14-18)26(30-29-25)21-7-6-20-16-23(9-8-19(20)15-21)31-13-11-22-4-2-1-3-12-28-22/h5-10,14-16,22,28H,1-4,11-13H2,(H,29,30). The Labute approximate surface area is 182 Å². The van der Waals surface area contributed by atoms with Gasteiger partial charge in [0.25, 0.3) is 0 Å². The zero-order valence-electron chi connectivity index (χ0n) is 17.5. The maximum absolute atomic E-state index is 9.22. The maximum Gasteiger partial charge on any atom is 0.119 e. The van der Waals surface area contributed by atoms with Gasteiger partial charge in [0, 0.05) is 17.0 Å². The van der Waals surface area contributed by atoms with Crippen LogP contribution in [0.2, 0.25) is 0 Å². The van der Waals surface area contributed by atoms with Crippen LogP contribution in [-0.4, -0.2) is 29.4 Å². The van der Waals surface area contributed by atoms with Gasteiger partial charge in [-0.3, -0.25) is 5.10 Å². The van der Waals surface area contributed by atoms with Crippen molar-refractivity contribution >= 4 is 21.7 Å². The Morgan fingerprint density at radius 1 is 1.00 bits per heavy atom. The lowest BCUT2D eigenvalue weighted by atomic mass is 10.0. The largest absolute Gasteiger partial charge is 0.494 e. The Balaban J connectivity index is 1.33. The van der Waals surface area contributed by atoms with Crippen molar-refractivity contribution in [1.82, 2.24) is 15.5 Å². The quantitative estimate of drug-likeness (QED) is 0.452. The highest BCUT2D eigenvalue weighted by Gasteiger charge is 2.12. The average Bonchev–Trinajstić information content (AvgIpc) is 3.05. The smallest absolute Gasteiger partial charge is 0.119 e. The molecule has 1 aliphatic heterocycles. The molecule has 0 radical (unpaired) electrons. The van der Waals surface area contributed by atoms with E-state index in [0.717, 1.165) is 58.3 Å². The van der Waals surface area contributed by atoms with Gasteiger partial charge in [0.05, 0.1) is 29.5 Å². The van der Waals surface area contributed by atoms with Gasteiger partial charge >= 0.3 is 0 Å². The Kier molecular flexibility index (Phi) is 5.56. The normalized spacial score (nSPS) is 16.8. The summed E-state index contributed by atoms with van der Waals surface area (Å²) in [6.07, 6.45) is 6.25. The van der Waals surface area contributed by atoms with Crippen LogP contribution in [0.25, 0.3) is 32.9 Å². The van der Waals surface area contributed by atoms with Crippen LogP contribution in [0.1, 0.15) is 37.7 Å². The van der Waals surface area contributed by atoms with E-state index in [1.165, 1.54) is 25.7 Å². The number of benzene rings is 3. The van der Waals surface area contributed by atoms with E-state index in [0.29, 0.717) is 11.6 Å². The molecule has 4 aromatic rings. The number of H-pyrrole nitrogens is 1. The van der Waals surface area contributed by atoms with E-state index in [1.807, 2.05) is 18.2 Å². The maximum atomic E-state index is 9.22. The molecule has 1 saturated heterocycles. The number of fused-ring (bicyclic) bond motifs is 2. The first-order valence-corrected chi connectivity index (χ1v) is 11.1. The first-order chi connectivity index (χ1) is 15.3. The van der Waals surface area contributed by atoms with Gasteiger partial charge in [-0.25, -0.2) is 0 Å². The Morgan fingerprint density at radius 2 is 1.90 bits per heavy atom. The molecule has 156 valence electrons. The first-order valence-electron chi connectivity index (χ1n) is 11.1. The van der Waals surface area contributed by atoms with E-state index in [4.69, 9.17) is 4.74 Å². The van der Waals surface area contributed by atoms with Gasteiger partial charge in [-0.2, -0.15) is 10.4 Å². The molecule has 0 spiro atoms. The van der Waals surface area contributed by atoms with Crippen molar-refractivity contribution in [1.29, 1.82) is 5.26 Å². The third-order valence-corrected chi connectivity index (χ3v) is 6.17. The second-order valence-electron chi connectivity index (χ2n) is 8.31. The summed E-state index contributed by atoms with van der Waals surface area (Å²) in [6.45, 7) is 1.87. The number of nitriles is 1. The number of rotatable bonds is 5. The van der Waals surface area contributed by atoms with E-state index in [9.17, 15) is 5.26 Å². The van der Waals surface area contributed by atoms with Gasteiger partial charge in [0.1, 0.15) is 5.75 Å². The van der Waals surface area contributed by atoms with Crippen LogP contribution in [0.5, 0.6) is 5.75 Å². The monoisotopic (exact) mass is 410 g/mol. The van der Waals surface area contributed by atoms with E-state index in [2.05, 4.69) is 51.9 Å². The molecule has 0 bridgehead atoms. The summed E-state index contributed by atoms with van der Waals surface area (Å²) < 4.78 is 6.06. The van der Waals surface area contributed by atoms with E-state index in [-0.39, 0.29) is 0 Å². The van der Waals surface area contributed by atoms with Crippen molar-refractivity contribution in [3.05, 3.63) is 60.2 Å². The number of aromatic amines is 1. The Bertz CT molecular complexity index is 1250. The van der Waals surface area contributed by atoms with Crippen LogP contribution in [0.3, 0.4) is 0 Å². The fourth-order valence-corrected chi connectivity index (χ4v) is 4.43. The Hall–Kier alpha value is -3.36. The van der Waals surface area contributed by atoms with Crippen LogP contribution in [0.15, 0.2) is 54.6 Å². The highest BCUT2D eigenvalue weighted by Crippen LogP contribution is 2.30. The molecule has 0 saturated carbocycles. The summed E-state index contributed by atoms with van der Waals surface area (Å²) in [5, 5.41) is 23.7. The van der Waals surface area contributed by atoms with Gasteiger partial charge in [-0.05, 0) is 73.0 Å². The summed E-state index contributed by atoms with van der Waals surface area (Å²) in [6, 6.07) is 21.0.